The molecule has 0 aliphatic heterocycles. The van der Waals surface area contributed by atoms with Crippen LogP contribution in [0, 0.1) is 0 Å². The first-order chi connectivity index (χ1) is 15.2. The quantitative estimate of drug-likeness (QED) is 0.231. The summed E-state index contributed by atoms with van der Waals surface area (Å²) in [5, 5.41) is 0. The highest BCUT2D eigenvalue weighted by Crippen LogP contribution is 2.19. The third-order valence-electron chi connectivity index (χ3n) is 4.63. The van der Waals surface area contributed by atoms with Crippen molar-refractivity contribution < 1.29 is 19.0 Å². The average Bonchev–Trinajstić information content (AvgIpc) is 2.83. The Kier molecular flexibility index (Phi) is 8.23. The van der Waals surface area contributed by atoms with Crippen LogP contribution >= 0.6 is 0 Å². The van der Waals surface area contributed by atoms with Crippen molar-refractivity contribution in [3.63, 3.8) is 0 Å². The van der Waals surface area contributed by atoms with Gasteiger partial charge >= 0.3 is 5.97 Å². The summed E-state index contributed by atoms with van der Waals surface area (Å²) < 4.78 is 16.2. The van der Waals surface area contributed by atoms with E-state index >= 15 is 0 Å². The topological polar surface area (TPSA) is 57.1 Å². The lowest BCUT2D eigenvalue weighted by Crippen LogP contribution is -2.02. The molecular weight excluding hydrogens is 390 g/mol. The molecule has 0 fully saturated rings. The number of hydrogen-bond acceptors (Lipinski definition) is 5. The van der Waals surface area contributed by atoms with Crippen LogP contribution in [0.3, 0.4) is 0 Å². The number of unbranched alkanes of at least 4 members (excludes halogenated alkanes) is 1. The number of rotatable bonds is 10. The summed E-state index contributed by atoms with van der Waals surface area (Å²) in [4.78, 5) is 16.0. The molecular formula is C26H27NO4. The summed E-state index contributed by atoms with van der Waals surface area (Å²) in [7, 11) is 1.37. The molecule has 0 unspecified atom stereocenters. The third-order valence-corrected chi connectivity index (χ3v) is 4.63. The second-order valence-electron chi connectivity index (χ2n) is 7.00. The van der Waals surface area contributed by atoms with E-state index in [2.05, 4.69) is 11.9 Å². The summed E-state index contributed by atoms with van der Waals surface area (Å²) >= 11 is 0. The maximum Gasteiger partial charge on any atom is 0.337 e. The number of nitrogens with zero attached hydrogens (tertiary/aromatic N) is 1. The van der Waals surface area contributed by atoms with Gasteiger partial charge < -0.3 is 14.2 Å². The Balaban J connectivity index is 1.50. The van der Waals surface area contributed by atoms with Gasteiger partial charge in [0.05, 0.1) is 25.0 Å². The van der Waals surface area contributed by atoms with E-state index in [1.165, 1.54) is 7.11 Å². The van der Waals surface area contributed by atoms with Crippen LogP contribution in [0.15, 0.2) is 77.8 Å². The molecule has 5 heteroatoms. The van der Waals surface area contributed by atoms with Crippen LogP contribution in [-0.4, -0.2) is 25.9 Å². The lowest BCUT2D eigenvalue weighted by molar-refractivity contribution is 0.0600. The Bertz CT molecular complexity index is 977. The lowest BCUT2D eigenvalue weighted by atomic mass is 10.1. The zero-order valence-electron chi connectivity index (χ0n) is 17.9. The summed E-state index contributed by atoms with van der Waals surface area (Å²) in [6.45, 7) is 3.31. The molecule has 0 saturated heterocycles. The molecule has 0 atom stereocenters. The van der Waals surface area contributed by atoms with Crippen molar-refractivity contribution in [3.05, 3.63) is 89.5 Å². The van der Waals surface area contributed by atoms with Gasteiger partial charge in [0.15, 0.2) is 0 Å². The van der Waals surface area contributed by atoms with Crippen molar-refractivity contribution in [1.29, 1.82) is 0 Å². The molecule has 0 saturated carbocycles. The van der Waals surface area contributed by atoms with Gasteiger partial charge in [0.1, 0.15) is 18.1 Å². The van der Waals surface area contributed by atoms with Crippen molar-refractivity contribution in [1.82, 2.24) is 0 Å². The van der Waals surface area contributed by atoms with Gasteiger partial charge in [-0.3, -0.25) is 4.99 Å². The van der Waals surface area contributed by atoms with Crippen LogP contribution in [0.5, 0.6) is 11.5 Å². The third kappa shape index (κ3) is 7.00. The van der Waals surface area contributed by atoms with Crippen LogP contribution in [-0.2, 0) is 11.3 Å². The van der Waals surface area contributed by atoms with Gasteiger partial charge in [-0.25, -0.2) is 4.79 Å². The number of aliphatic imine (C=N–C) groups is 1. The van der Waals surface area contributed by atoms with E-state index in [1.807, 2.05) is 66.9 Å². The smallest absolute Gasteiger partial charge is 0.337 e. The molecule has 0 spiro atoms. The SMILES string of the molecule is CCCCOc1ccc(N=Cc2ccc(OCc3ccc(C(=O)OC)cc3)cc2)cc1. The number of hydrogen-bond donors (Lipinski definition) is 0. The minimum absolute atomic E-state index is 0.346. The molecule has 31 heavy (non-hydrogen) atoms. The van der Waals surface area contributed by atoms with E-state index in [-0.39, 0.29) is 5.97 Å². The Morgan fingerprint density at radius 1 is 0.871 bits per heavy atom. The monoisotopic (exact) mass is 417 g/mol. The number of carbonyl (C=O) groups is 1. The van der Waals surface area contributed by atoms with Crippen LogP contribution < -0.4 is 9.47 Å². The largest absolute Gasteiger partial charge is 0.494 e. The van der Waals surface area contributed by atoms with E-state index in [9.17, 15) is 4.79 Å². The average molecular weight is 418 g/mol. The summed E-state index contributed by atoms with van der Waals surface area (Å²) in [6, 6.07) is 22.7. The van der Waals surface area contributed by atoms with Crippen molar-refractivity contribution >= 4 is 17.9 Å². The zero-order valence-corrected chi connectivity index (χ0v) is 17.9. The highest BCUT2D eigenvalue weighted by Gasteiger charge is 2.04. The minimum atomic E-state index is -0.346. The molecule has 0 aliphatic rings. The van der Waals surface area contributed by atoms with Crippen molar-refractivity contribution in [2.75, 3.05) is 13.7 Å². The van der Waals surface area contributed by atoms with Gasteiger partial charge in [0.25, 0.3) is 0 Å². The molecule has 0 amide bonds. The predicted octanol–water partition coefficient (Wildman–Crippen LogP) is 5.98. The van der Waals surface area contributed by atoms with Gasteiger partial charge in [-0.15, -0.1) is 0 Å². The summed E-state index contributed by atoms with van der Waals surface area (Å²) in [5.74, 6) is 1.29. The summed E-state index contributed by atoms with van der Waals surface area (Å²) in [5.41, 5.74) is 3.35. The maximum absolute atomic E-state index is 11.5. The van der Waals surface area contributed by atoms with E-state index in [0.717, 1.165) is 47.8 Å². The van der Waals surface area contributed by atoms with Gasteiger partial charge in [-0.2, -0.15) is 0 Å². The first-order valence-electron chi connectivity index (χ1n) is 10.3. The van der Waals surface area contributed by atoms with Gasteiger partial charge in [-0.1, -0.05) is 25.5 Å². The Morgan fingerprint density at radius 3 is 2.16 bits per heavy atom. The number of carbonyl (C=O) groups excluding carboxylic acids is 1. The fourth-order valence-corrected chi connectivity index (χ4v) is 2.78. The minimum Gasteiger partial charge on any atom is -0.494 e. The molecule has 0 radical (unpaired) electrons. The highest BCUT2D eigenvalue weighted by atomic mass is 16.5. The zero-order chi connectivity index (χ0) is 21.9. The van der Waals surface area contributed by atoms with Crippen LogP contribution in [0.2, 0.25) is 0 Å². The Hall–Kier alpha value is -3.60. The van der Waals surface area contributed by atoms with Gasteiger partial charge in [0.2, 0.25) is 0 Å². The van der Waals surface area contributed by atoms with Crippen molar-refractivity contribution in [3.8, 4) is 11.5 Å². The molecule has 5 nitrogen and oxygen atoms in total. The molecule has 3 rings (SSSR count). The molecule has 160 valence electrons. The highest BCUT2D eigenvalue weighted by molar-refractivity contribution is 5.89. The van der Waals surface area contributed by atoms with E-state index in [0.29, 0.717) is 12.2 Å². The number of methoxy groups -OCH3 is 1. The maximum atomic E-state index is 11.5. The first kappa shape index (κ1) is 22.1. The fraction of sp³-hybridized carbons (Fsp3) is 0.231. The standard InChI is InChI=1S/C26H27NO4/c1-3-4-17-30-24-15-11-23(12-16-24)27-18-20-7-13-25(14-8-20)31-19-21-5-9-22(10-6-21)26(28)29-2/h5-16,18H,3-4,17,19H2,1-2H3. The molecule has 0 aliphatic carbocycles. The van der Waals surface area contributed by atoms with E-state index in [4.69, 9.17) is 14.2 Å². The van der Waals surface area contributed by atoms with E-state index < -0.39 is 0 Å². The Morgan fingerprint density at radius 2 is 1.52 bits per heavy atom. The van der Waals surface area contributed by atoms with Crippen molar-refractivity contribution in [2.24, 2.45) is 4.99 Å². The first-order valence-corrected chi connectivity index (χ1v) is 10.3. The van der Waals surface area contributed by atoms with Crippen LogP contribution in [0.1, 0.15) is 41.3 Å². The molecule has 0 heterocycles. The van der Waals surface area contributed by atoms with Gasteiger partial charge in [-0.05, 0) is 78.2 Å². The van der Waals surface area contributed by atoms with Crippen LogP contribution in [0.4, 0.5) is 5.69 Å². The Labute approximate surface area is 183 Å². The normalized spacial score (nSPS) is 10.8. The summed E-state index contributed by atoms with van der Waals surface area (Å²) in [6.07, 6.45) is 4.00. The van der Waals surface area contributed by atoms with Gasteiger partial charge in [0, 0.05) is 6.21 Å². The molecule has 0 N–H and O–H groups in total. The number of esters is 1. The number of benzene rings is 3. The second kappa shape index (κ2) is 11.6. The molecule has 3 aromatic carbocycles. The second-order valence-corrected chi connectivity index (χ2v) is 7.00. The van der Waals surface area contributed by atoms with Crippen molar-refractivity contribution in [2.45, 2.75) is 26.4 Å². The molecule has 0 bridgehead atoms. The van der Waals surface area contributed by atoms with Crippen LogP contribution in [0.25, 0.3) is 0 Å². The number of ether oxygens (including phenoxy) is 3. The lowest BCUT2D eigenvalue weighted by Gasteiger charge is -2.07. The molecule has 0 aromatic heterocycles. The van der Waals surface area contributed by atoms with E-state index in [1.54, 1.807) is 12.1 Å². The predicted molar refractivity (Wildman–Crippen MR) is 123 cm³/mol. The molecule has 3 aromatic rings. The fourth-order valence-electron chi connectivity index (χ4n) is 2.78.